The number of aromatic nitrogens is 3. The highest BCUT2D eigenvalue weighted by Crippen LogP contribution is 2.33. The minimum absolute atomic E-state index is 0.173. The number of carbonyl (C=O) groups excluding carboxylic acids is 1. The molecule has 0 bridgehead atoms. The van der Waals surface area contributed by atoms with Gasteiger partial charge < -0.3 is 15.2 Å². The first-order valence-electron chi connectivity index (χ1n) is 13.0. The van der Waals surface area contributed by atoms with E-state index in [0.717, 1.165) is 48.0 Å². The zero-order valence-electron chi connectivity index (χ0n) is 21.3. The minimum Gasteiger partial charge on any atom is -0.360 e. The summed E-state index contributed by atoms with van der Waals surface area (Å²) in [6.07, 6.45) is 5.39. The summed E-state index contributed by atoms with van der Waals surface area (Å²) >= 11 is 6.51. The number of rotatable bonds is 8. The van der Waals surface area contributed by atoms with Crippen LogP contribution in [-0.2, 0) is 4.79 Å². The normalized spacial score (nSPS) is 15.5. The average Bonchev–Trinajstić information content (AvgIpc) is 3.36. The van der Waals surface area contributed by atoms with Crippen LogP contribution in [0.1, 0.15) is 38.3 Å². The molecule has 1 fully saturated rings. The second-order valence-corrected chi connectivity index (χ2v) is 9.82. The highest BCUT2D eigenvalue weighted by atomic mass is 35.5. The number of amides is 1. The van der Waals surface area contributed by atoms with Gasteiger partial charge in [-0.1, -0.05) is 60.1 Å². The maximum Gasteiger partial charge on any atom is 0.244 e. The Hall–Kier alpha value is -3.42. The lowest BCUT2D eigenvalue weighted by Crippen LogP contribution is -2.47. The van der Waals surface area contributed by atoms with Crippen molar-refractivity contribution in [2.24, 2.45) is 0 Å². The van der Waals surface area contributed by atoms with E-state index in [2.05, 4.69) is 38.4 Å². The van der Waals surface area contributed by atoms with Crippen LogP contribution in [0.4, 0.5) is 5.95 Å². The molecule has 1 amide bonds. The van der Waals surface area contributed by atoms with Crippen molar-refractivity contribution in [2.75, 3.05) is 31.5 Å². The number of likely N-dealkylation sites (tertiary alicyclic amines) is 1. The highest BCUT2D eigenvalue weighted by molar-refractivity contribution is 6.33. The van der Waals surface area contributed by atoms with Gasteiger partial charge in [0.15, 0.2) is 0 Å². The van der Waals surface area contributed by atoms with Crippen LogP contribution < -0.4 is 5.32 Å². The topological polar surface area (TPSA) is 77.2 Å². The second kappa shape index (κ2) is 11.3. The predicted octanol–water partition coefficient (Wildman–Crippen LogP) is 5.76. The summed E-state index contributed by atoms with van der Waals surface area (Å²) in [4.78, 5) is 30.3. The molecule has 1 aliphatic rings. The van der Waals surface area contributed by atoms with Gasteiger partial charge in [0.25, 0.3) is 0 Å². The van der Waals surface area contributed by atoms with Crippen LogP contribution >= 0.6 is 11.6 Å². The van der Waals surface area contributed by atoms with E-state index >= 15 is 0 Å². The number of anilines is 1. The Morgan fingerprint density at radius 1 is 1.11 bits per heavy atom. The molecular formula is C29H33ClN6O. The van der Waals surface area contributed by atoms with Gasteiger partial charge >= 0.3 is 0 Å². The summed E-state index contributed by atoms with van der Waals surface area (Å²) < 4.78 is 0. The molecule has 37 heavy (non-hydrogen) atoms. The molecular weight excluding hydrogens is 484 g/mol. The van der Waals surface area contributed by atoms with E-state index in [1.165, 1.54) is 0 Å². The van der Waals surface area contributed by atoms with Gasteiger partial charge in [-0.2, -0.15) is 0 Å². The summed E-state index contributed by atoms with van der Waals surface area (Å²) in [6, 6.07) is 18.2. The summed E-state index contributed by atoms with van der Waals surface area (Å²) in [7, 11) is 0. The number of H-pyrrole nitrogens is 1. The van der Waals surface area contributed by atoms with Gasteiger partial charge in [-0.15, -0.1) is 0 Å². The fraction of sp³-hybridized carbons (Fsp3) is 0.345. The molecule has 192 valence electrons. The number of halogens is 1. The number of carbonyl (C=O) groups is 1. The van der Waals surface area contributed by atoms with Crippen LogP contribution in [0.5, 0.6) is 0 Å². The second-order valence-electron chi connectivity index (χ2n) is 9.42. The SMILES string of the molecule is CCN(CC)C(=O)C(c1ccccc1)N1CCC(Nc2ncc(Cl)c(-c3c[nH]c4ccccc34)n2)CC1. The van der Waals surface area contributed by atoms with Gasteiger partial charge in [0.05, 0.1) is 16.9 Å². The predicted molar refractivity (Wildman–Crippen MR) is 150 cm³/mol. The highest BCUT2D eigenvalue weighted by Gasteiger charge is 2.33. The number of para-hydroxylation sites is 1. The Morgan fingerprint density at radius 2 is 1.81 bits per heavy atom. The lowest BCUT2D eigenvalue weighted by Gasteiger charge is -2.39. The van der Waals surface area contributed by atoms with Gasteiger partial charge in [0.2, 0.25) is 11.9 Å². The molecule has 1 unspecified atom stereocenters. The summed E-state index contributed by atoms with van der Waals surface area (Å²) in [5, 5.41) is 5.11. The minimum atomic E-state index is -0.262. The van der Waals surface area contributed by atoms with Crippen LogP contribution in [0.3, 0.4) is 0 Å². The fourth-order valence-corrected chi connectivity index (χ4v) is 5.42. The molecule has 0 spiro atoms. The first-order valence-corrected chi connectivity index (χ1v) is 13.4. The Morgan fingerprint density at radius 3 is 2.54 bits per heavy atom. The quantitative estimate of drug-likeness (QED) is 0.311. The van der Waals surface area contributed by atoms with Crippen molar-refractivity contribution in [3.63, 3.8) is 0 Å². The summed E-state index contributed by atoms with van der Waals surface area (Å²) in [6.45, 7) is 7.12. The standard InChI is InChI=1S/C29H33ClN6O/c1-3-35(4-2)28(37)27(20-10-6-5-7-11-20)36-16-14-21(15-17-36)33-29-32-19-24(30)26(34-29)23-18-31-25-13-9-8-12-22(23)25/h5-13,18-19,21,27,31H,3-4,14-17H2,1-2H3,(H,32,33,34). The average molecular weight is 517 g/mol. The number of nitrogens with zero attached hydrogens (tertiary/aromatic N) is 4. The molecule has 2 aromatic heterocycles. The Kier molecular flexibility index (Phi) is 7.72. The van der Waals surface area contributed by atoms with Crippen LogP contribution in [0, 0.1) is 0 Å². The number of likely N-dealkylation sites (N-methyl/N-ethyl adjacent to an activating group) is 1. The third-order valence-corrected chi connectivity index (χ3v) is 7.52. The largest absolute Gasteiger partial charge is 0.360 e. The molecule has 2 N–H and O–H groups in total. The van der Waals surface area contributed by atoms with Gasteiger partial charge in [-0.25, -0.2) is 9.97 Å². The molecule has 1 aliphatic heterocycles. The van der Waals surface area contributed by atoms with Crippen molar-refractivity contribution >= 4 is 34.4 Å². The zero-order valence-corrected chi connectivity index (χ0v) is 22.1. The van der Waals surface area contributed by atoms with E-state index < -0.39 is 0 Å². The zero-order chi connectivity index (χ0) is 25.8. The van der Waals surface area contributed by atoms with Gasteiger partial charge in [0, 0.05) is 54.9 Å². The molecule has 3 heterocycles. The number of hydrogen-bond donors (Lipinski definition) is 2. The van der Waals surface area contributed by atoms with Crippen molar-refractivity contribution in [1.82, 2.24) is 24.8 Å². The van der Waals surface area contributed by atoms with E-state index in [1.54, 1.807) is 6.20 Å². The number of fused-ring (bicyclic) bond motifs is 1. The number of nitrogens with one attached hydrogen (secondary N) is 2. The molecule has 8 heteroatoms. The molecule has 5 rings (SSSR count). The molecule has 2 aromatic carbocycles. The Labute approximate surface area is 222 Å². The van der Waals surface area contributed by atoms with Crippen molar-refractivity contribution in [3.8, 4) is 11.3 Å². The Bertz CT molecular complexity index is 1350. The number of hydrogen-bond acceptors (Lipinski definition) is 5. The fourth-order valence-electron chi connectivity index (χ4n) is 5.23. The van der Waals surface area contributed by atoms with Crippen molar-refractivity contribution in [2.45, 2.75) is 38.8 Å². The summed E-state index contributed by atoms with van der Waals surface area (Å²) in [5.74, 6) is 0.744. The number of aromatic amines is 1. The van der Waals surface area contributed by atoms with E-state index in [9.17, 15) is 4.79 Å². The van der Waals surface area contributed by atoms with Crippen molar-refractivity contribution in [3.05, 3.63) is 77.6 Å². The molecule has 7 nitrogen and oxygen atoms in total. The Balaban J connectivity index is 1.30. The summed E-state index contributed by atoms with van der Waals surface area (Å²) in [5.41, 5.74) is 3.76. The third kappa shape index (κ3) is 5.33. The first kappa shape index (κ1) is 25.2. The number of benzene rings is 2. The van der Waals surface area contributed by atoms with E-state index in [0.29, 0.717) is 29.8 Å². The smallest absolute Gasteiger partial charge is 0.244 e. The van der Waals surface area contributed by atoms with Gasteiger partial charge in [0.1, 0.15) is 6.04 Å². The van der Waals surface area contributed by atoms with Gasteiger partial charge in [-0.3, -0.25) is 9.69 Å². The van der Waals surface area contributed by atoms with Gasteiger partial charge in [-0.05, 0) is 38.3 Å². The van der Waals surface area contributed by atoms with Crippen LogP contribution in [0.25, 0.3) is 22.2 Å². The van der Waals surface area contributed by atoms with Crippen LogP contribution in [-0.4, -0.2) is 62.9 Å². The van der Waals surface area contributed by atoms with E-state index in [-0.39, 0.29) is 18.0 Å². The molecule has 0 radical (unpaired) electrons. The molecule has 4 aromatic rings. The molecule has 1 atom stereocenters. The lowest BCUT2D eigenvalue weighted by molar-refractivity contribution is -0.137. The van der Waals surface area contributed by atoms with E-state index in [4.69, 9.17) is 16.6 Å². The maximum atomic E-state index is 13.5. The van der Waals surface area contributed by atoms with Crippen LogP contribution in [0.2, 0.25) is 5.02 Å². The number of piperidine rings is 1. The van der Waals surface area contributed by atoms with Crippen molar-refractivity contribution in [1.29, 1.82) is 0 Å². The molecule has 0 aliphatic carbocycles. The van der Waals surface area contributed by atoms with E-state index in [1.807, 2.05) is 61.3 Å². The third-order valence-electron chi connectivity index (χ3n) is 7.24. The monoisotopic (exact) mass is 516 g/mol. The van der Waals surface area contributed by atoms with Crippen molar-refractivity contribution < 1.29 is 4.79 Å². The lowest BCUT2D eigenvalue weighted by atomic mass is 9.98. The van der Waals surface area contributed by atoms with Crippen LogP contribution in [0.15, 0.2) is 67.0 Å². The molecule has 0 saturated carbocycles. The molecule has 1 saturated heterocycles. The maximum absolute atomic E-state index is 13.5. The first-order chi connectivity index (χ1) is 18.1.